The number of hydrogen-bond acceptors (Lipinski definition) is 7. The number of rotatable bonds is 3. The second kappa shape index (κ2) is 5.06. The number of hydrogen-bond donors (Lipinski definition) is 1. The molecule has 98 valence electrons. The predicted octanol–water partition coefficient (Wildman–Crippen LogP) is 1.18. The number of carbonyl (C=O) groups is 1. The molecule has 0 saturated carbocycles. The van der Waals surface area contributed by atoms with E-state index in [1.807, 2.05) is 0 Å². The first kappa shape index (κ1) is 13.0. The number of aromatic nitrogens is 3. The third kappa shape index (κ3) is 2.55. The molecule has 0 atom stereocenters. The highest BCUT2D eigenvalue weighted by atomic mass is 32.2. The predicted molar refractivity (Wildman–Crippen MR) is 69.0 cm³/mol. The maximum Gasteiger partial charge on any atom is 0.281 e. The van der Waals surface area contributed by atoms with E-state index in [4.69, 9.17) is 5.73 Å². The third-order valence-corrected chi connectivity index (χ3v) is 2.85. The van der Waals surface area contributed by atoms with E-state index in [0.29, 0.717) is 5.16 Å². The van der Waals surface area contributed by atoms with Gasteiger partial charge in [0.2, 0.25) is 11.1 Å². The molecule has 19 heavy (non-hydrogen) atoms. The molecule has 9 heteroatoms. The van der Waals surface area contributed by atoms with Crippen LogP contribution in [-0.2, 0) is 0 Å². The van der Waals surface area contributed by atoms with Gasteiger partial charge in [0, 0.05) is 17.7 Å². The van der Waals surface area contributed by atoms with Crippen LogP contribution >= 0.6 is 11.8 Å². The van der Waals surface area contributed by atoms with E-state index in [-0.39, 0.29) is 17.2 Å². The van der Waals surface area contributed by atoms with Crippen LogP contribution in [0.3, 0.4) is 0 Å². The Bertz CT molecular complexity index is 637. The fraction of sp³-hybridized carbons (Fsp3) is 0.100. The Morgan fingerprint density at radius 3 is 2.53 bits per heavy atom. The molecule has 2 rings (SSSR count). The van der Waals surface area contributed by atoms with Crippen LogP contribution in [0.25, 0.3) is 0 Å². The minimum atomic E-state index is -0.538. The number of nitrogens with two attached hydrogens (primary N) is 1. The molecule has 2 aromatic rings. The Labute approximate surface area is 111 Å². The Balaban J connectivity index is 2.33. The molecule has 0 aliphatic rings. The molecule has 0 aliphatic carbocycles. The highest BCUT2D eigenvalue weighted by Gasteiger charge is 2.16. The number of nitrogens with zero attached hydrogens (tertiary/aromatic N) is 4. The van der Waals surface area contributed by atoms with Gasteiger partial charge < -0.3 is 5.73 Å². The lowest BCUT2D eigenvalue weighted by atomic mass is 10.2. The maximum absolute atomic E-state index is 12.1. The quantitative estimate of drug-likeness (QED) is 0.509. The lowest BCUT2D eigenvalue weighted by Gasteiger charge is -2.01. The Morgan fingerprint density at radius 1 is 1.42 bits per heavy atom. The largest absolute Gasteiger partial charge is 0.368 e. The summed E-state index contributed by atoms with van der Waals surface area (Å²) in [5.74, 6) is -0.507. The molecular formula is C10H9N5O3S. The summed E-state index contributed by atoms with van der Waals surface area (Å²) in [5.41, 5.74) is 5.74. The van der Waals surface area contributed by atoms with Gasteiger partial charge in [-0.2, -0.15) is 9.67 Å². The number of nitro groups is 1. The number of thioether (sulfide) groups is 1. The zero-order valence-electron chi connectivity index (χ0n) is 9.81. The van der Waals surface area contributed by atoms with Crippen LogP contribution in [0.2, 0.25) is 0 Å². The number of non-ortho nitro benzene ring substituents is 1. The zero-order chi connectivity index (χ0) is 14.0. The van der Waals surface area contributed by atoms with E-state index in [1.54, 1.807) is 6.26 Å². The van der Waals surface area contributed by atoms with Crippen LogP contribution < -0.4 is 5.73 Å². The second-order valence-corrected chi connectivity index (χ2v) is 4.25. The fourth-order valence-corrected chi connectivity index (χ4v) is 1.74. The molecule has 0 unspecified atom stereocenters. The van der Waals surface area contributed by atoms with E-state index in [9.17, 15) is 14.9 Å². The van der Waals surface area contributed by atoms with Crippen molar-refractivity contribution in [1.82, 2.24) is 14.8 Å². The molecule has 1 aromatic heterocycles. The topological polar surface area (TPSA) is 117 Å². The summed E-state index contributed by atoms with van der Waals surface area (Å²) in [6.07, 6.45) is 1.76. The van der Waals surface area contributed by atoms with Gasteiger partial charge in [0.05, 0.1) is 4.92 Å². The fourth-order valence-electron chi connectivity index (χ4n) is 1.39. The van der Waals surface area contributed by atoms with Crippen LogP contribution in [0.5, 0.6) is 0 Å². The molecule has 0 fully saturated rings. The van der Waals surface area contributed by atoms with Crippen molar-refractivity contribution in [3.63, 3.8) is 0 Å². The third-order valence-electron chi connectivity index (χ3n) is 2.31. The monoisotopic (exact) mass is 279 g/mol. The normalized spacial score (nSPS) is 10.4. The van der Waals surface area contributed by atoms with E-state index in [0.717, 1.165) is 4.68 Å². The number of benzene rings is 1. The van der Waals surface area contributed by atoms with E-state index in [1.165, 1.54) is 36.0 Å². The maximum atomic E-state index is 12.1. The summed E-state index contributed by atoms with van der Waals surface area (Å²) in [7, 11) is 0. The van der Waals surface area contributed by atoms with Gasteiger partial charge in [0.15, 0.2) is 0 Å². The number of carbonyl (C=O) groups excluding carboxylic acids is 1. The van der Waals surface area contributed by atoms with Gasteiger partial charge in [-0.25, -0.2) is 0 Å². The van der Waals surface area contributed by atoms with Gasteiger partial charge in [-0.1, -0.05) is 11.8 Å². The Hall–Kier alpha value is -2.42. The summed E-state index contributed by atoms with van der Waals surface area (Å²) in [4.78, 5) is 25.9. The molecule has 8 nitrogen and oxygen atoms in total. The minimum Gasteiger partial charge on any atom is -0.368 e. The first-order chi connectivity index (χ1) is 9.02. The number of nitrogen functional groups attached to an aromatic ring is 1. The van der Waals surface area contributed by atoms with Crippen molar-refractivity contribution in [3.8, 4) is 0 Å². The van der Waals surface area contributed by atoms with Crippen molar-refractivity contribution in [2.45, 2.75) is 5.16 Å². The zero-order valence-corrected chi connectivity index (χ0v) is 10.6. The highest BCUT2D eigenvalue weighted by molar-refractivity contribution is 7.98. The molecule has 2 N–H and O–H groups in total. The minimum absolute atomic E-state index is 0.0206. The van der Waals surface area contributed by atoms with Crippen molar-refractivity contribution >= 4 is 29.3 Å². The van der Waals surface area contributed by atoms with Crippen molar-refractivity contribution in [2.24, 2.45) is 0 Å². The van der Waals surface area contributed by atoms with Crippen LogP contribution in [-0.4, -0.2) is 31.9 Å². The summed E-state index contributed by atoms with van der Waals surface area (Å²) in [6.45, 7) is 0. The first-order valence-corrected chi connectivity index (χ1v) is 6.31. The lowest BCUT2D eigenvalue weighted by Crippen LogP contribution is -2.16. The molecule has 1 aromatic carbocycles. The van der Waals surface area contributed by atoms with Crippen LogP contribution in [0.15, 0.2) is 29.4 Å². The number of anilines is 1. The van der Waals surface area contributed by atoms with Gasteiger partial charge in [-0.3, -0.25) is 14.9 Å². The first-order valence-electron chi connectivity index (χ1n) is 5.08. The standard InChI is InChI=1S/C10H9N5O3S/c1-19-10-12-9(11)14(13-10)8(16)6-2-4-7(5-3-6)15(17)18/h2-5H,1H3,(H2,11,12,13). The molecule has 0 amide bonds. The smallest absolute Gasteiger partial charge is 0.281 e. The second-order valence-electron chi connectivity index (χ2n) is 3.48. The van der Waals surface area contributed by atoms with Crippen molar-refractivity contribution in [2.75, 3.05) is 12.0 Å². The highest BCUT2D eigenvalue weighted by Crippen LogP contribution is 2.15. The van der Waals surface area contributed by atoms with Crippen molar-refractivity contribution < 1.29 is 9.72 Å². The summed E-state index contributed by atoms with van der Waals surface area (Å²) < 4.78 is 0.965. The molecular weight excluding hydrogens is 270 g/mol. The molecule has 0 spiro atoms. The number of nitro benzene ring substituents is 1. The van der Waals surface area contributed by atoms with E-state index >= 15 is 0 Å². The Kier molecular flexibility index (Phi) is 3.47. The summed E-state index contributed by atoms with van der Waals surface area (Å²) in [5, 5.41) is 14.8. The van der Waals surface area contributed by atoms with Gasteiger partial charge in [0.25, 0.3) is 11.6 Å². The lowest BCUT2D eigenvalue weighted by molar-refractivity contribution is -0.384. The van der Waals surface area contributed by atoms with Crippen LogP contribution in [0, 0.1) is 10.1 Å². The summed E-state index contributed by atoms with van der Waals surface area (Å²) in [6, 6.07) is 5.19. The van der Waals surface area contributed by atoms with Gasteiger partial charge >= 0.3 is 0 Å². The molecule has 0 bridgehead atoms. The SMILES string of the molecule is CSc1nc(N)n(C(=O)c2ccc([N+](=O)[O-])cc2)n1. The van der Waals surface area contributed by atoms with Crippen LogP contribution in [0.1, 0.15) is 10.4 Å². The van der Waals surface area contributed by atoms with E-state index in [2.05, 4.69) is 10.1 Å². The summed E-state index contributed by atoms with van der Waals surface area (Å²) >= 11 is 1.26. The van der Waals surface area contributed by atoms with E-state index < -0.39 is 10.8 Å². The van der Waals surface area contributed by atoms with Crippen LogP contribution in [0.4, 0.5) is 11.6 Å². The molecule has 0 radical (unpaired) electrons. The van der Waals surface area contributed by atoms with Gasteiger partial charge in [-0.15, -0.1) is 5.10 Å². The average Bonchev–Trinajstić information content (AvgIpc) is 2.79. The van der Waals surface area contributed by atoms with Crippen molar-refractivity contribution in [1.29, 1.82) is 0 Å². The Morgan fingerprint density at radius 2 is 2.05 bits per heavy atom. The molecule has 0 saturated heterocycles. The van der Waals surface area contributed by atoms with Crippen molar-refractivity contribution in [3.05, 3.63) is 39.9 Å². The van der Waals surface area contributed by atoms with Gasteiger partial charge in [-0.05, 0) is 18.4 Å². The molecule has 1 heterocycles. The average molecular weight is 279 g/mol. The van der Waals surface area contributed by atoms with Gasteiger partial charge in [0.1, 0.15) is 0 Å². The molecule has 0 aliphatic heterocycles.